The van der Waals surface area contributed by atoms with E-state index in [1.165, 1.54) is 4.90 Å². The molecule has 1 heterocycles. The van der Waals surface area contributed by atoms with E-state index in [-0.39, 0.29) is 12.7 Å². The summed E-state index contributed by atoms with van der Waals surface area (Å²) in [5.74, 6) is -0.916. The van der Waals surface area contributed by atoms with E-state index in [1.54, 1.807) is 46.3 Å². The quantitative estimate of drug-likeness (QED) is 0.246. The summed E-state index contributed by atoms with van der Waals surface area (Å²) < 4.78 is 15.9. The van der Waals surface area contributed by atoms with Crippen molar-refractivity contribution in [2.75, 3.05) is 25.4 Å². The van der Waals surface area contributed by atoms with Gasteiger partial charge in [0.05, 0.1) is 11.6 Å². The van der Waals surface area contributed by atoms with Gasteiger partial charge in [0, 0.05) is 26.1 Å². The fourth-order valence-electron chi connectivity index (χ4n) is 3.92. The van der Waals surface area contributed by atoms with Crippen LogP contribution in [0.5, 0.6) is 0 Å². The molecule has 192 valence electrons. The maximum absolute atomic E-state index is 13.9. The van der Waals surface area contributed by atoms with Crippen molar-refractivity contribution in [2.45, 2.75) is 58.5 Å². The number of imide groups is 1. The highest BCUT2D eigenvalue weighted by Crippen LogP contribution is 2.29. The van der Waals surface area contributed by atoms with E-state index >= 15 is 0 Å². The van der Waals surface area contributed by atoms with Gasteiger partial charge in [0.25, 0.3) is 0 Å². The molecule has 7 heteroatoms. The second-order valence-electron chi connectivity index (χ2n) is 9.76. The predicted octanol–water partition coefficient (Wildman–Crippen LogP) is 6.25. The minimum Gasteiger partial charge on any atom is -0.443 e. The van der Waals surface area contributed by atoms with Gasteiger partial charge < -0.3 is 14.2 Å². The smallest absolute Gasteiger partial charge is 0.421 e. The third-order valence-corrected chi connectivity index (χ3v) is 5.75. The molecule has 7 nitrogen and oxygen atoms in total. The Labute approximate surface area is 213 Å². The largest absolute Gasteiger partial charge is 0.443 e. The lowest BCUT2D eigenvalue weighted by atomic mass is 9.96. The lowest BCUT2D eigenvalue weighted by Crippen LogP contribution is -2.43. The number of hydrogen-bond donors (Lipinski definition) is 0. The van der Waals surface area contributed by atoms with Gasteiger partial charge in [-0.05, 0) is 74.9 Å². The van der Waals surface area contributed by atoms with Crippen LogP contribution in [0.1, 0.15) is 57.6 Å². The third-order valence-electron chi connectivity index (χ3n) is 5.75. The average molecular weight is 493 g/mol. The van der Waals surface area contributed by atoms with E-state index in [2.05, 4.69) is 4.98 Å². The van der Waals surface area contributed by atoms with Gasteiger partial charge in [0.1, 0.15) is 12.4 Å². The topological polar surface area (TPSA) is 78.0 Å². The highest BCUT2D eigenvalue weighted by atomic mass is 16.7. The van der Waals surface area contributed by atoms with Crippen LogP contribution >= 0.6 is 0 Å². The Morgan fingerprint density at radius 2 is 1.78 bits per heavy atom. The fraction of sp³-hybridized carbons (Fsp3) is 0.414. The number of pyridine rings is 1. The van der Waals surface area contributed by atoms with E-state index in [4.69, 9.17) is 14.2 Å². The first-order valence-electron chi connectivity index (χ1n) is 12.3. The molecule has 3 aromatic rings. The van der Waals surface area contributed by atoms with Crippen LogP contribution in [0.25, 0.3) is 10.8 Å². The molecule has 0 saturated heterocycles. The zero-order chi connectivity index (χ0) is 26.1. The molecule has 0 saturated carbocycles. The van der Waals surface area contributed by atoms with Gasteiger partial charge in [-0.2, -0.15) is 0 Å². The monoisotopic (exact) mass is 492 g/mol. The molecule has 0 N–H and O–H groups in total. The second kappa shape index (κ2) is 12.6. The Kier molecular flexibility index (Phi) is 9.56. The molecule has 1 atom stereocenters. The molecule has 0 spiro atoms. The summed E-state index contributed by atoms with van der Waals surface area (Å²) in [6, 6.07) is 15.6. The standard InChI is InChI=1S/C29H36N2O5/c1-21(23-14-13-22-10-6-7-11-24(22)18-23)27(32)31(28(33)36-29(2,3)4)26-15-16-30-19-25(26)12-8-9-17-35-20-34-5/h6-7,10-11,13-16,18-19,21H,8-9,12,17,20H2,1-5H3. The lowest BCUT2D eigenvalue weighted by molar-refractivity contribution is -0.119. The minimum atomic E-state index is -0.756. The van der Waals surface area contributed by atoms with Crippen molar-refractivity contribution in [3.05, 3.63) is 72.1 Å². The normalized spacial score (nSPS) is 12.4. The number of carbonyl (C=O) groups is 2. The Morgan fingerprint density at radius 3 is 2.50 bits per heavy atom. The first-order valence-corrected chi connectivity index (χ1v) is 12.3. The molecule has 0 bridgehead atoms. The van der Waals surface area contributed by atoms with Crippen LogP contribution in [0.3, 0.4) is 0 Å². The number of amides is 2. The molecule has 0 fully saturated rings. The van der Waals surface area contributed by atoms with Crippen molar-refractivity contribution in [1.82, 2.24) is 4.98 Å². The summed E-state index contributed by atoms with van der Waals surface area (Å²) >= 11 is 0. The zero-order valence-corrected chi connectivity index (χ0v) is 21.8. The molecule has 2 aromatic carbocycles. The van der Waals surface area contributed by atoms with Crippen LogP contribution in [0.2, 0.25) is 0 Å². The van der Waals surface area contributed by atoms with E-state index in [0.717, 1.165) is 34.7 Å². The van der Waals surface area contributed by atoms with Crippen LogP contribution in [0, 0.1) is 0 Å². The summed E-state index contributed by atoms with van der Waals surface area (Å²) in [5.41, 5.74) is 1.37. The van der Waals surface area contributed by atoms with Gasteiger partial charge in [-0.15, -0.1) is 0 Å². The number of aromatic nitrogens is 1. The summed E-state index contributed by atoms with van der Waals surface area (Å²) in [6.45, 7) is 8.00. The lowest BCUT2D eigenvalue weighted by Gasteiger charge is -2.29. The van der Waals surface area contributed by atoms with E-state index in [9.17, 15) is 9.59 Å². The number of ether oxygens (including phenoxy) is 3. The minimum absolute atomic E-state index is 0.256. The third kappa shape index (κ3) is 7.35. The number of hydrogen-bond acceptors (Lipinski definition) is 6. The van der Waals surface area contributed by atoms with Gasteiger partial charge >= 0.3 is 6.09 Å². The van der Waals surface area contributed by atoms with Crippen molar-refractivity contribution >= 4 is 28.5 Å². The molecular weight excluding hydrogens is 456 g/mol. The van der Waals surface area contributed by atoms with Gasteiger partial charge in [0.2, 0.25) is 5.91 Å². The number of methoxy groups -OCH3 is 1. The zero-order valence-electron chi connectivity index (χ0n) is 21.8. The molecular formula is C29H36N2O5. The first kappa shape index (κ1) is 27.3. The molecule has 0 radical (unpaired) electrons. The van der Waals surface area contributed by atoms with Crippen LogP contribution in [-0.4, -0.2) is 43.1 Å². The van der Waals surface area contributed by atoms with E-state index < -0.39 is 17.6 Å². The number of fused-ring (bicyclic) bond motifs is 1. The summed E-state index contributed by atoms with van der Waals surface area (Å²) in [4.78, 5) is 32.7. The Morgan fingerprint density at radius 1 is 1.03 bits per heavy atom. The summed E-state index contributed by atoms with van der Waals surface area (Å²) in [6.07, 6.45) is 4.85. The van der Waals surface area contributed by atoms with Crippen molar-refractivity contribution in [3.63, 3.8) is 0 Å². The van der Waals surface area contributed by atoms with Crippen LogP contribution in [0.4, 0.5) is 10.5 Å². The van der Waals surface area contributed by atoms with Gasteiger partial charge in [-0.25, -0.2) is 9.69 Å². The number of rotatable bonds is 10. The molecule has 1 aromatic heterocycles. The van der Waals surface area contributed by atoms with Gasteiger partial charge in [-0.3, -0.25) is 9.78 Å². The van der Waals surface area contributed by atoms with E-state index in [0.29, 0.717) is 18.7 Å². The molecule has 36 heavy (non-hydrogen) atoms. The van der Waals surface area contributed by atoms with Crippen LogP contribution < -0.4 is 4.90 Å². The second-order valence-corrected chi connectivity index (χ2v) is 9.76. The predicted molar refractivity (Wildman–Crippen MR) is 141 cm³/mol. The van der Waals surface area contributed by atoms with Crippen molar-refractivity contribution < 1.29 is 23.8 Å². The number of benzene rings is 2. The highest BCUT2D eigenvalue weighted by molar-refractivity contribution is 6.15. The number of nitrogens with zero attached hydrogens (tertiary/aromatic N) is 2. The molecule has 0 aliphatic heterocycles. The molecule has 1 unspecified atom stereocenters. The Bertz CT molecular complexity index is 1170. The molecule has 3 rings (SSSR count). The fourth-order valence-corrected chi connectivity index (χ4v) is 3.92. The number of unbranched alkanes of at least 4 members (excludes halogenated alkanes) is 1. The SMILES string of the molecule is COCOCCCCc1cnccc1N(C(=O)OC(C)(C)C)C(=O)C(C)c1ccc2ccccc2c1. The maximum atomic E-state index is 13.9. The highest BCUT2D eigenvalue weighted by Gasteiger charge is 2.33. The first-order chi connectivity index (χ1) is 17.2. The number of anilines is 1. The van der Waals surface area contributed by atoms with E-state index in [1.807, 2.05) is 49.4 Å². The van der Waals surface area contributed by atoms with Crippen molar-refractivity contribution in [2.24, 2.45) is 0 Å². The number of carbonyl (C=O) groups excluding carboxylic acids is 2. The summed E-state index contributed by atoms with van der Waals surface area (Å²) in [5, 5.41) is 2.13. The molecule has 0 aliphatic carbocycles. The van der Waals surface area contributed by atoms with Crippen LogP contribution in [-0.2, 0) is 25.4 Å². The molecule has 0 aliphatic rings. The van der Waals surface area contributed by atoms with Gasteiger partial charge in [0.15, 0.2) is 0 Å². The van der Waals surface area contributed by atoms with Crippen molar-refractivity contribution in [3.8, 4) is 0 Å². The van der Waals surface area contributed by atoms with Crippen molar-refractivity contribution in [1.29, 1.82) is 0 Å². The maximum Gasteiger partial charge on any atom is 0.421 e. The number of aryl methyl sites for hydroxylation is 1. The van der Waals surface area contributed by atoms with Crippen LogP contribution in [0.15, 0.2) is 60.9 Å². The molecule has 2 amide bonds. The average Bonchev–Trinajstić information content (AvgIpc) is 2.85. The summed E-state index contributed by atoms with van der Waals surface area (Å²) in [7, 11) is 1.59. The van der Waals surface area contributed by atoms with Gasteiger partial charge in [-0.1, -0.05) is 42.5 Å². The Balaban J connectivity index is 1.90. The Hall–Kier alpha value is -3.29.